The lowest BCUT2D eigenvalue weighted by molar-refractivity contribution is 0.0320. The molecule has 1 unspecified atom stereocenters. The van der Waals surface area contributed by atoms with Crippen molar-refractivity contribution in [1.82, 2.24) is 25.4 Å². The Kier molecular flexibility index (Phi) is 6.61. The highest BCUT2D eigenvalue weighted by Gasteiger charge is 2.28. The standard InChI is InChI=1S/C27H29FN6O3/c1-14-24(23-15(2)33-37-17(23)4)31-25(32-26(14)34-12-18-7-6-10-30-22(18)13-34)20-11-19(8-9-21(20)28)36-27(29-5)16(3)35/h6-11,16,27,29,35H,12-13H2,1-5H3/t16-,27?/m1/s1. The van der Waals surface area contributed by atoms with Crippen molar-refractivity contribution < 1.29 is 18.8 Å². The van der Waals surface area contributed by atoms with Crippen molar-refractivity contribution >= 4 is 5.82 Å². The Morgan fingerprint density at radius 1 is 1.16 bits per heavy atom. The second-order valence-electron chi connectivity index (χ2n) is 9.22. The minimum absolute atomic E-state index is 0.182. The summed E-state index contributed by atoms with van der Waals surface area (Å²) < 4.78 is 26.5. The Labute approximate surface area is 214 Å². The lowest BCUT2D eigenvalue weighted by Crippen LogP contribution is -2.40. The second-order valence-corrected chi connectivity index (χ2v) is 9.22. The maximum Gasteiger partial charge on any atom is 0.175 e. The van der Waals surface area contributed by atoms with Crippen molar-refractivity contribution in [2.75, 3.05) is 11.9 Å². The molecule has 1 aromatic carbocycles. The molecule has 4 heterocycles. The molecule has 0 bridgehead atoms. The van der Waals surface area contributed by atoms with Crippen LogP contribution in [0.5, 0.6) is 5.75 Å². The first-order chi connectivity index (χ1) is 17.8. The summed E-state index contributed by atoms with van der Waals surface area (Å²) in [4.78, 5) is 16.3. The minimum Gasteiger partial charge on any atom is -0.473 e. The van der Waals surface area contributed by atoms with E-state index in [2.05, 4.69) is 26.4 Å². The first-order valence-electron chi connectivity index (χ1n) is 12.1. The van der Waals surface area contributed by atoms with Crippen LogP contribution >= 0.6 is 0 Å². The van der Waals surface area contributed by atoms with Crippen LogP contribution in [0.2, 0.25) is 0 Å². The molecular formula is C27H29FN6O3. The third kappa shape index (κ3) is 4.65. The number of nitrogens with zero attached hydrogens (tertiary/aromatic N) is 5. The predicted molar refractivity (Wildman–Crippen MR) is 136 cm³/mol. The molecule has 37 heavy (non-hydrogen) atoms. The number of fused-ring (bicyclic) bond motifs is 1. The highest BCUT2D eigenvalue weighted by molar-refractivity contribution is 5.75. The average Bonchev–Trinajstić information content (AvgIpc) is 3.46. The quantitative estimate of drug-likeness (QED) is 0.360. The molecule has 9 nitrogen and oxygen atoms in total. The van der Waals surface area contributed by atoms with Crippen LogP contribution in [-0.2, 0) is 13.1 Å². The van der Waals surface area contributed by atoms with Crippen LogP contribution in [0, 0.1) is 26.6 Å². The van der Waals surface area contributed by atoms with Crippen LogP contribution in [-0.4, -0.2) is 44.6 Å². The van der Waals surface area contributed by atoms with E-state index in [9.17, 15) is 5.11 Å². The Balaban J connectivity index is 1.65. The summed E-state index contributed by atoms with van der Waals surface area (Å²) in [6.45, 7) is 8.45. The maximum atomic E-state index is 15.2. The number of nitrogens with one attached hydrogen (secondary N) is 1. The van der Waals surface area contributed by atoms with Gasteiger partial charge in [0, 0.05) is 18.3 Å². The van der Waals surface area contributed by atoms with E-state index in [0.717, 1.165) is 22.4 Å². The van der Waals surface area contributed by atoms with Gasteiger partial charge in [-0.2, -0.15) is 0 Å². The van der Waals surface area contributed by atoms with Crippen LogP contribution < -0.4 is 15.0 Å². The number of aliphatic hydroxyl groups excluding tert-OH is 1. The molecule has 5 rings (SSSR count). The SMILES string of the molecule is CNC(Oc1ccc(F)c(-c2nc(-c3c(C)noc3C)c(C)c(N3Cc4cccnc4C3)n2)c1)[C@@H](C)O. The van der Waals surface area contributed by atoms with Gasteiger partial charge in [0.15, 0.2) is 12.1 Å². The molecule has 0 radical (unpaired) electrons. The molecule has 1 aliphatic heterocycles. The lowest BCUT2D eigenvalue weighted by Gasteiger charge is -2.22. The number of rotatable bonds is 7. The van der Waals surface area contributed by atoms with E-state index in [1.54, 1.807) is 26.2 Å². The normalized spacial score (nSPS) is 14.5. The summed E-state index contributed by atoms with van der Waals surface area (Å²) in [7, 11) is 1.68. The van der Waals surface area contributed by atoms with Gasteiger partial charge in [-0.25, -0.2) is 14.4 Å². The largest absolute Gasteiger partial charge is 0.473 e. The summed E-state index contributed by atoms with van der Waals surface area (Å²) >= 11 is 0. The molecule has 0 amide bonds. The summed E-state index contributed by atoms with van der Waals surface area (Å²) in [6.07, 6.45) is 0.334. The molecule has 4 aromatic rings. The van der Waals surface area contributed by atoms with Crippen molar-refractivity contribution in [2.45, 2.75) is 53.1 Å². The molecule has 0 fully saturated rings. The zero-order valence-corrected chi connectivity index (χ0v) is 21.4. The van der Waals surface area contributed by atoms with Crippen LogP contribution in [0.1, 0.15) is 35.2 Å². The van der Waals surface area contributed by atoms with Gasteiger partial charge in [0.1, 0.15) is 29.2 Å². The van der Waals surface area contributed by atoms with Gasteiger partial charge in [-0.1, -0.05) is 11.2 Å². The Morgan fingerprint density at radius 3 is 2.65 bits per heavy atom. The first-order valence-corrected chi connectivity index (χ1v) is 12.1. The Bertz CT molecular complexity index is 1410. The molecule has 0 aliphatic carbocycles. The molecule has 192 valence electrons. The summed E-state index contributed by atoms with van der Waals surface area (Å²) in [5, 5.41) is 17.0. The number of hydrogen-bond acceptors (Lipinski definition) is 9. The van der Waals surface area contributed by atoms with E-state index >= 15 is 4.39 Å². The molecule has 0 saturated carbocycles. The number of pyridine rings is 1. The number of benzene rings is 1. The van der Waals surface area contributed by atoms with Crippen molar-refractivity contribution in [3.8, 4) is 28.4 Å². The number of halogens is 1. The molecule has 3 aromatic heterocycles. The van der Waals surface area contributed by atoms with Crippen LogP contribution in [0.4, 0.5) is 10.2 Å². The molecule has 10 heteroatoms. The van der Waals surface area contributed by atoms with Gasteiger partial charge in [0.05, 0.1) is 34.8 Å². The number of hydrogen-bond donors (Lipinski definition) is 2. The number of ether oxygens (including phenoxy) is 1. The number of aryl methyl sites for hydroxylation is 2. The number of aromatic nitrogens is 4. The molecule has 0 spiro atoms. The van der Waals surface area contributed by atoms with Crippen molar-refractivity contribution in [3.63, 3.8) is 0 Å². The van der Waals surface area contributed by atoms with Gasteiger partial charge in [0.2, 0.25) is 0 Å². The van der Waals surface area contributed by atoms with Gasteiger partial charge >= 0.3 is 0 Å². The predicted octanol–water partition coefficient (Wildman–Crippen LogP) is 4.08. The zero-order valence-electron chi connectivity index (χ0n) is 21.4. The van der Waals surface area contributed by atoms with Crippen LogP contribution in [0.3, 0.4) is 0 Å². The fourth-order valence-corrected chi connectivity index (χ4v) is 4.64. The molecule has 1 aliphatic rings. The average molecular weight is 505 g/mol. The van der Waals surface area contributed by atoms with Crippen molar-refractivity contribution in [3.05, 3.63) is 70.6 Å². The molecule has 0 saturated heterocycles. The van der Waals surface area contributed by atoms with E-state index in [1.807, 2.05) is 26.8 Å². The summed E-state index contributed by atoms with van der Waals surface area (Å²) in [5.41, 5.74) is 5.20. The second kappa shape index (κ2) is 9.87. The van der Waals surface area contributed by atoms with Gasteiger partial charge in [0.25, 0.3) is 0 Å². The van der Waals surface area contributed by atoms with E-state index in [0.29, 0.717) is 41.8 Å². The smallest absolute Gasteiger partial charge is 0.175 e. The highest BCUT2D eigenvalue weighted by Crippen LogP contribution is 2.37. The fourth-order valence-electron chi connectivity index (χ4n) is 4.64. The van der Waals surface area contributed by atoms with Crippen LogP contribution in [0.25, 0.3) is 22.6 Å². The van der Waals surface area contributed by atoms with E-state index in [1.165, 1.54) is 12.1 Å². The number of likely N-dealkylation sites (N-methyl/N-ethyl adjacent to an activating group) is 1. The molecular weight excluding hydrogens is 475 g/mol. The van der Waals surface area contributed by atoms with E-state index < -0.39 is 18.1 Å². The van der Waals surface area contributed by atoms with Gasteiger partial charge in [-0.3, -0.25) is 10.3 Å². The number of anilines is 1. The minimum atomic E-state index is -0.780. The Morgan fingerprint density at radius 2 is 1.97 bits per heavy atom. The highest BCUT2D eigenvalue weighted by atomic mass is 19.1. The van der Waals surface area contributed by atoms with E-state index in [-0.39, 0.29) is 11.4 Å². The van der Waals surface area contributed by atoms with Gasteiger partial charge < -0.3 is 19.3 Å². The summed E-state index contributed by atoms with van der Waals surface area (Å²) in [6, 6.07) is 8.35. The zero-order chi connectivity index (χ0) is 26.3. The summed E-state index contributed by atoms with van der Waals surface area (Å²) in [5.74, 6) is 1.39. The first kappa shape index (κ1) is 24.8. The van der Waals surface area contributed by atoms with Crippen molar-refractivity contribution in [1.29, 1.82) is 0 Å². The fraction of sp³-hybridized carbons (Fsp3) is 0.333. The molecule has 2 N–H and O–H groups in total. The monoisotopic (exact) mass is 504 g/mol. The van der Waals surface area contributed by atoms with Gasteiger partial charge in [-0.15, -0.1) is 0 Å². The molecule has 2 atom stereocenters. The van der Waals surface area contributed by atoms with Gasteiger partial charge in [-0.05, 0) is 64.6 Å². The lowest BCUT2D eigenvalue weighted by atomic mass is 10.0. The third-order valence-electron chi connectivity index (χ3n) is 6.54. The topological polar surface area (TPSA) is 109 Å². The van der Waals surface area contributed by atoms with Crippen molar-refractivity contribution in [2.24, 2.45) is 0 Å². The third-order valence-corrected chi connectivity index (χ3v) is 6.54. The maximum absolute atomic E-state index is 15.2. The Hall–Kier alpha value is -3.89. The number of aliphatic hydroxyl groups is 1. The van der Waals surface area contributed by atoms with Crippen LogP contribution in [0.15, 0.2) is 41.1 Å². The van der Waals surface area contributed by atoms with E-state index in [4.69, 9.17) is 19.2 Å².